The Labute approximate surface area is 79.8 Å². The number of esters is 1. The second-order valence-electron chi connectivity index (χ2n) is 4.89. The Bertz CT molecular complexity index is 196. The van der Waals surface area contributed by atoms with Crippen molar-refractivity contribution < 1.29 is 9.53 Å². The van der Waals surface area contributed by atoms with Crippen LogP contribution in [0.2, 0.25) is 0 Å². The lowest BCUT2D eigenvalue weighted by Gasteiger charge is -2.20. The zero-order valence-electron chi connectivity index (χ0n) is 8.89. The largest absolute Gasteiger partial charge is 0.446 e. The Morgan fingerprint density at radius 2 is 2.08 bits per heavy atom. The van der Waals surface area contributed by atoms with Gasteiger partial charge >= 0.3 is 5.97 Å². The molecule has 76 valence electrons. The first kappa shape index (κ1) is 10.5. The summed E-state index contributed by atoms with van der Waals surface area (Å²) >= 11 is 0. The molecule has 0 aromatic rings. The Morgan fingerprint density at radius 3 is 2.46 bits per heavy atom. The summed E-state index contributed by atoms with van der Waals surface area (Å²) in [7, 11) is 0. The average molecular weight is 185 g/mol. The van der Waals surface area contributed by atoms with Crippen molar-refractivity contribution in [1.82, 2.24) is 5.32 Å². The van der Waals surface area contributed by atoms with Gasteiger partial charge in [0, 0.05) is 13.0 Å². The van der Waals surface area contributed by atoms with Gasteiger partial charge in [0.1, 0.15) is 0 Å². The summed E-state index contributed by atoms with van der Waals surface area (Å²) in [5.74, 6) is 0.483. The van der Waals surface area contributed by atoms with Gasteiger partial charge in [0.25, 0.3) is 0 Å². The van der Waals surface area contributed by atoms with Crippen molar-refractivity contribution in [2.24, 2.45) is 11.3 Å². The van der Waals surface area contributed by atoms with Crippen molar-refractivity contribution in [3.63, 3.8) is 0 Å². The number of rotatable bonds is 1. The van der Waals surface area contributed by atoms with Crippen LogP contribution in [0.1, 0.15) is 34.1 Å². The fourth-order valence-electron chi connectivity index (χ4n) is 1.26. The van der Waals surface area contributed by atoms with Gasteiger partial charge in [-0.05, 0) is 26.7 Å². The Kier molecular flexibility index (Phi) is 2.96. The van der Waals surface area contributed by atoms with E-state index in [0.29, 0.717) is 5.92 Å². The van der Waals surface area contributed by atoms with E-state index in [0.717, 1.165) is 13.0 Å². The van der Waals surface area contributed by atoms with Gasteiger partial charge in [0.2, 0.25) is 0 Å². The van der Waals surface area contributed by atoms with Crippen molar-refractivity contribution in [2.75, 3.05) is 6.54 Å². The van der Waals surface area contributed by atoms with Gasteiger partial charge in [-0.25, -0.2) is 0 Å². The van der Waals surface area contributed by atoms with E-state index in [1.165, 1.54) is 0 Å². The summed E-state index contributed by atoms with van der Waals surface area (Å²) in [6.07, 6.45) is 0.865. The zero-order valence-corrected chi connectivity index (χ0v) is 8.89. The van der Waals surface area contributed by atoms with Gasteiger partial charge in [-0.3, -0.25) is 10.1 Å². The van der Waals surface area contributed by atoms with E-state index in [4.69, 9.17) is 4.74 Å². The smallest absolute Gasteiger partial charge is 0.312 e. The van der Waals surface area contributed by atoms with Gasteiger partial charge in [0.05, 0.1) is 5.41 Å². The lowest BCUT2D eigenvalue weighted by atomic mass is 9.97. The highest BCUT2D eigenvalue weighted by Gasteiger charge is 2.29. The molecule has 1 rings (SSSR count). The van der Waals surface area contributed by atoms with Crippen LogP contribution >= 0.6 is 0 Å². The second kappa shape index (κ2) is 3.66. The van der Waals surface area contributed by atoms with Crippen LogP contribution in [-0.4, -0.2) is 18.7 Å². The number of hydrogen-bond acceptors (Lipinski definition) is 3. The van der Waals surface area contributed by atoms with Crippen molar-refractivity contribution in [3.8, 4) is 0 Å². The zero-order chi connectivity index (χ0) is 10.1. The fourth-order valence-corrected chi connectivity index (χ4v) is 1.26. The van der Waals surface area contributed by atoms with Crippen molar-refractivity contribution in [3.05, 3.63) is 0 Å². The number of ether oxygens (including phenoxy) is 1. The highest BCUT2D eigenvalue weighted by molar-refractivity contribution is 5.75. The SMILES string of the molecule is CC1CNC(OC(=O)C(C)(C)C)C1. The molecule has 0 radical (unpaired) electrons. The molecule has 0 bridgehead atoms. The number of hydrogen-bond donors (Lipinski definition) is 1. The number of carbonyl (C=O) groups excluding carboxylic acids is 1. The summed E-state index contributed by atoms with van der Waals surface area (Å²) < 4.78 is 5.30. The van der Waals surface area contributed by atoms with Crippen LogP contribution in [0.4, 0.5) is 0 Å². The third kappa shape index (κ3) is 2.99. The first-order valence-electron chi connectivity index (χ1n) is 4.84. The van der Waals surface area contributed by atoms with E-state index in [1.807, 2.05) is 20.8 Å². The van der Waals surface area contributed by atoms with E-state index < -0.39 is 5.41 Å². The Morgan fingerprint density at radius 1 is 1.46 bits per heavy atom. The molecule has 1 saturated heterocycles. The molecule has 3 heteroatoms. The lowest BCUT2D eigenvalue weighted by Crippen LogP contribution is -2.33. The van der Waals surface area contributed by atoms with Gasteiger partial charge in [0.15, 0.2) is 6.23 Å². The van der Waals surface area contributed by atoms with E-state index >= 15 is 0 Å². The predicted molar refractivity (Wildman–Crippen MR) is 51.1 cm³/mol. The summed E-state index contributed by atoms with van der Waals surface area (Å²) in [4.78, 5) is 11.5. The molecule has 1 heterocycles. The lowest BCUT2D eigenvalue weighted by molar-refractivity contribution is -0.159. The standard InChI is InChI=1S/C10H19NO2/c1-7-5-8(11-6-7)13-9(12)10(2,3)4/h7-8,11H,5-6H2,1-4H3. The van der Waals surface area contributed by atoms with Gasteiger partial charge in [-0.15, -0.1) is 0 Å². The number of nitrogens with one attached hydrogen (secondary N) is 1. The molecule has 0 saturated carbocycles. The molecular formula is C10H19NO2. The quantitative estimate of drug-likeness (QED) is 0.630. The summed E-state index contributed by atoms with van der Waals surface area (Å²) in [6.45, 7) is 8.70. The highest BCUT2D eigenvalue weighted by atomic mass is 16.6. The molecule has 13 heavy (non-hydrogen) atoms. The van der Waals surface area contributed by atoms with Crippen LogP contribution in [0, 0.1) is 11.3 Å². The molecule has 1 aliphatic heterocycles. The van der Waals surface area contributed by atoms with Crippen LogP contribution < -0.4 is 5.32 Å². The minimum atomic E-state index is -0.395. The molecule has 0 aromatic carbocycles. The minimum absolute atomic E-state index is 0.0678. The molecule has 0 aliphatic carbocycles. The first-order chi connectivity index (χ1) is 5.89. The second-order valence-corrected chi connectivity index (χ2v) is 4.89. The van der Waals surface area contributed by atoms with Crippen LogP contribution in [0.3, 0.4) is 0 Å². The van der Waals surface area contributed by atoms with Crippen molar-refractivity contribution in [1.29, 1.82) is 0 Å². The van der Waals surface area contributed by atoms with Crippen LogP contribution in [0.15, 0.2) is 0 Å². The first-order valence-corrected chi connectivity index (χ1v) is 4.84. The maximum atomic E-state index is 11.5. The average Bonchev–Trinajstić information content (AvgIpc) is 2.33. The van der Waals surface area contributed by atoms with Crippen LogP contribution in [0.25, 0.3) is 0 Å². The summed E-state index contributed by atoms with van der Waals surface area (Å²) in [5, 5.41) is 3.17. The highest BCUT2D eigenvalue weighted by Crippen LogP contribution is 2.20. The molecule has 2 atom stereocenters. The van der Waals surface area contributed by atoms with Crippen LogP contribution in [0.5, 0.6) is 0 Å². The van der Waals surface area contributed by atoms with E-state index in [2.05, 4.69) is 12.2 Å². The molecule has 1 fully saturated rings. The maximum absolute atomic E-state index is 11.5. The number of carbonyl (C=O) groups is 1. The molecular weight excluding hydrogens is 166 g/mol. The van der Waals surface area contributed by atoms with Gasteiger partial charge in [-0.1, -0.05) is 6.92 Å². The van der Waals surface area contributed by atoms with Crippen LogP contribution in [-0.2, 0) is 9.53 Å². The summed E-state index contributed by atoms with van der Waals surface area (Å²) in [5.41, 5.74) is -0.395. The minimum Gasteiger partial charge on any atom is -0.446 e. The monoisotopic (exact) mass is 185 g/mol. The molecule has 1 aliphatic rings. The molecule has 2 unspecified atom stereocenters. The summed E-state index contributed by atoms with van der Waals surface area (Å²) in [6, 6.07) is 0. The van der Waals surface area contributed by atoms with E-state index in [-0.39, 0.29) is 12.2 Å². The predicted octanol–water partition coefficient (Wildman–Crippen LogP) is 1.53. The van der Waals surface area contributed by atoms with Gasteiger partial charge in [-0.2, -0.15) is 0 Å². The molecule has 0 aromatic heterocycles. The normalized spacial score (nSPS) is 28.9. The maximum Gasteiger partial charge on any atom is 0.312 e. The topological polar surface area (TPSA) is 38.3 Å². The van der Waals surface area contributed by atoms with Crippen molar-refractivity contribution >= 4 is 5.97 Å². The van der Waals surface area contributed by atoms with E-state index in [1.54, 1.807) is 0 Å². The third-order valence-electron chi connectivity index (χ3n) is 2.17. The molecule has 1 N–H and O–H groups in total. The Balaban J connectivity index is 2.37. The van der Waals surface area contributed by atoms with E-state index in [9.17, 15) is 4.79 Å². The molecule has 3 nitrogen and oxygen atoms in total. The fraction of sp³-hybridized carbons (Fsp3) is 0.900. The molecule has 0 amide bonds. The Hall–Kier alpha value is -0.570. The molecule has 0 spiro atoms. The van der Waals surface area contributed by atoms with Crippen molar-refractivity contribution in [2.45, 2.75) is 40.3 Å². The third-order valence-corrected chi connectivity index (χ3v) is 2.17. The van der Waals surface area contributed by atoms with Gasteiger partial charge < -0.3 is 4.74 Å².